The molecule has 1 amide bonds. The fourth-order valence-electron chi connectivity index (χ4n) is 2.26. The maximum absolute atomic E-state index is 12.7. The highest BCUT2D eigenvalue weighted by molar-refractivity contribution is 9.10. The second-order valence-electron chi connectivity index (χ2n) is 5.29. The molecule has 132 valence electrons. The fourth-order valence-corrected chi connectivity index (χ4v) is 2.53. The molecule has 25 heavy (non-hydrogen) atoms. The molecule has 0 radical (unpaired) electrons. The summed E-state index contributed by atoms with van der Waals surface area (Å²) in [6.07, 6.45) is -5.89. The van der Waals surface area contributed by atoms with Gasteiger partial charge in [0.15, 0.2) is 6.23 Å². The second-order valence-corrected chi connectivity index (χ2v) is 6.20. The van der Waals surface area contributed by atoms with Gasteiger partial charge in [0.2, 0.25) is 6.35 Å². The number of rotatable bonds is 3. The van der Waals surface area contributed by atoms with E-state index in [9.17, 15) is 18.0 Å². The van der Waals surface area contributed by atoms with Crippen molar-refractivity contribution in [3.8, 4) is 0 Å². The van der Waals surface area contributed by atoms with Gasteiger partial charge in [-0.2, -0.15) is 13.2 Å². The van der Waals surface area contributed by atoms with Gasteiger partial charge in [0.05, 0.1) is 5.56 Å². The predicted octanol–water partition coefficient (Wildman–Crippen LogP) is 3.30. The summed E-state index contributed by atoms with van der Waals surface area (Å²) in [5.74, 6) is -0.679. The Balaban J connectivity index is 1.63. The molecular weight excluding hydrogens is 403 g/mol. The van der Waals surface area contributed by atoms with E-state index in [0.717, 1.165) is 22.2 Å². The number of halogens is 4. The van der Waals surface area contributed by atoms with Crippen LogP contribution in [0.4, 0.5) is 13.2 Å². The first-order valence-corrected chi connectivity index (χ1v) is 8.02. The highest BCUT2D eigenvalue weighted by atomic mass is 79.9. The van der Waals surface area contributed by atoms with Crippen molar-refractivity contribution in [3.63, 3.8) is 0 Å². The van der Waals surface area contributed by atoms with Crippen LogP contribution in [0.15, 0.2) is 53.0 Å². The minimum Gasteiger partial charge on any atom is -0.320 e. The molecule has 0 spiro atoms. The molecule has 2 unspecified atom stereocenters. The Hall–Kier alpha value is -1.94. The van der Waals surface area contributed by atoms with Crippen LogP contribution in [-0.4, -0.2) is 12.3 Å². The van der Waals surface area contributed by atoms with E-state index in [2.05, 4.69) is 32.1 Å². The molecule has 2 atom stereocenters. The van der Waals surface area contributed by atoms with Crippen LogP contribution in [0.1, 0.15) is 27.7 Å². The van der Waals surface area contributed by atoms with Crippen LogP contribution < -0.4 is 16.2 Å². The van der Waals surface area contributed by atoms with Crippen molar-refractivity contribution < 1.29 is 22.7 Å². The van der Waals surface area contributed by atoms with Crippen LogP contribution in [0, 0.1) is 0 Å². The van der Waals surface area contributed by atoms with Gasteiger partial charge in [-0.25, -0.2) is 10.9 Å². The molecule has 2 aromatic carbocycles. The van der Waals surface area contributed by atoms with Gasteiger partial charge in [-0.3, -0.25) is 4.79 Å². The van der Waals surface area contributed by atoms with Crippen molar-refractivity contribution >= 4 is 21.8 Å². The molecule has 0 saturated carbocycles. The van der Waals surface area contributed by atoms with Gasteiger partial charge in [-0.05, 0) is 35.9 Å². The van der Waals surface area contributed by atoms with Gasteiger partial charge >= 0.3 is 6.18 Å². The smallest absolute Gasteiger partial charge is 0.320 e. The van der Waals surface area contributed by atoms with Crippen molar-refractivity contribution in [3.05, 3.63) is 69.7 Å². The summed E-state index contributed by atoms with van der Waals surface area (Å²) >= 11 is 3.33. The van der Waals surface area contributed by atoms with Crippen molar-refractivity contribution in [2.45, 2.75) is 18.8 Å². The Morgan fingerprint density at radius 2 is 1.84 bits per heavy atom. The Bertz CT molecular complexity index is 768. The Kier molecular flexibility index (Phi) is 5.09. The summed E-state index contributed by atoms with van der Waals surface area (Å²) in [5.41, 5.74) is 5.42. The van der Waals surface area contributed by atoms with Crippen molar-refractivity contribution in [1.82, 2.24) is 16.2 Å². The highest BCUT2D eigenvalue weighted by Gasteiger charge is 2.31. The first-order valence-electron chi connectivity index (χ1n) is 7.23. The molecule has 0 bridgehead atoms. The number of amides is 1. The van der Waals surface area contributed by atoms with Crippen LogP contribution in [0.5, 0.6) is 0 Å². The minimum atomic E-state index is -4.51. The maximum Gasteiger partial charge on any atom is 0.416 e. The van der Waals surface area contributed by atoms with Crippen LogP contribution >= 0.6 is 15.9 Å². The van der Waals surface area contributed by atoms with E-state index in [0.29, 0.717) is 0 Å². The van der Waals surface area contributed by atoms with E-state index >= 15 is 0 Å². The molecule has 0 aromatic heterocycles. The summed E-state index contributed by atoms with van der Waals surface area (Å²) < 4.78 is 44.7. The van der Waals surface area contributed by atoms with Gasteiger partial charge in [0.1, 0.15) is 0 Å². The van der Waals surface area contributed by atoms with E-state index in [-0.39, 0.29) is 5.56 Å². The topological polar surface area (TPSA) is 62.4 Å². The first-order chi connectivity index (χ1) is 11.8. The second kappa shape index (κ2) is 7.12. The van der Waals surface area contributed by atoms with Gasteiger partial charge < -0.3 is 10.1 Å². The minimum absolute atomic E-state index is 0.104. The van der Waals surface area contributed by atoms with Gasteiger partial charge in [0.25, 0.3) is 5.91 Å². The largest absolute Gasteiger partial charge is 0.416 e. The van der Waals surface area contributed by atoms with E-state index in [1.165, 1.54) is 12.1 Å². The molecule has 1 saturated heterocycles. The van der Waals surface area contributed by atoms with Crippen LogP contribution in [0.25, 0.3) is 0 Å². The Morgan fingerprint density at radius 1 is 1.12 bits per heavy atom. The average molecular weight is 416 g/mol. The first kappa shape index (κ1) is 17.9. The molecule has 3 rings (SSSR count). The summed E-state index contributed by atoms with van der Waals surface area (Å²) in [4.78, 5) is 12.1. The van der Waals surface area contributed by atoms with Gasteiger partial charge in [-0.15, -0.1) is 0 Å². The molecular formula is C16H13BrF3N3O2. The summed E-state index contributed by atoms with van der Waals surface area (Å²) in [7, 11) is 0. The molecule has 2 aromatic rings. The van der Waals surface area contributed by atoms with Crippen molar-refractivity contribution in [2.75, 3.05) is 0 Å². The lowest BCUT2D eigenvalue weighted by molar-refractivity contribution is -0.137. The zero-order chi connectivity index (χ0) is 18.0. The molecule has 1 heterocycles. The van der Waals surface area contributed by atoms with Gasteiger partial charge in [0, 0.05) is 10.0 Å². The van der Waals surface area contributed by atoms with E-state index < -0.39 is 30.2 Å². The standard InChI is InChI=1S/C16H13BrF3N3O2/c17-12-6-4-9(5-7-12)14-22-23-15(25-14)21-13(24)10-2-1-3-11(8-10)16(18,19)20/h1-8,14-15,22-23H,(H,21,24). The summed E-state index contributed by atoms with van der Waals surface area (Å²) in [5, 5.41) is 2.47. The molecule has 1 fully saturated rings. The summed E-state index contributed by atoms with van der Waals surface area (Å²) in [6.45, 7) is 0. The third-order valence-electron chi connectivity index (χ3n) is 3.50. The molecule has 1 aliphatic heterocycles. The molecule has 9 heteroatoms. The van der Waals surface area contributed by atoms with Crippen LogP contribution in [-0.2, 0) is 10.9 Å². The number of hydrogen-bond acceptors (Lipinski definition) is 4. The van der Waals surface area contributed by atoms with E-state index in [4.69, 9.17) is 4.74 Å². The lowest BCUT2D eigenvalue weighted by atomic mass is 10.1. The number of hydrazine groups is 1. The number of ether oxygens (including phenoxy) is 1. The van der Waals surface area contributed by atoms with Crippen molar-refractivity contribution in [1.29, 1.82) is 0 Å². The zero-order valence-corrected chi connectivity index (χ0v) is 14.2. The average Bonchev–Trinajstić information content (AvgIpc) is 3.03. The monoisotopic (exact) mass is 415 g/mol. The molecule has 5 nitrogen and oxygen atoms in total. The van der Waals surface area contributed by atoms with Crippen LogP contribution in [0.2, 0.25) is 0 Å². The molecule has 0 aliphatic carbocycles. The van der Waals surface area contributed by atoms with E-state index in [1.807, 2.05) is 24.3 Å². The number of carbonyl (C=O) groups excluding carboxylic acids is 1. The normalized spacial score (nSPS) is 20.5. The fraction of sp³-hybridized carbons (Fsp3) is 0.188. The molecule has 1 aliphatic rings. The van der Waals surface area contributed by atoms with Gasteiger partial charge in [-0.1, -0.05) is 34.1 Å². The number of hydrogen-bond donors (Lipinski definition) is 3. The Morgan fingerprint density at radius 3 is 2.52 bits per heavy atom. The SMILES string of the molecule is O=C(NC1NNC(c2ccc(Br)cc2)O1)c1cccc(C(F)(F)F)c1. The quantitative estimate of drug-likeness (QED) is 0.719. The van der Waals surface area contributed by atoms with Crippen LogP contribution in [0.3, 0.4) is 0 Å². The number of benzene rings is 2. The van der Waals surface area contributed by atoms with Crippen molar-refractivity contribution in [2.24, 2.45) is 0 Å². The predicted molar refractivity (Wildman–Crippen MR) is 86.9 cm³/mol. The number of alkyl halides is 3. The third-order valence-corrected chi connectivity index (χ3v) is 4.03. The third kappa shape index (κ3) is 4.37. The number of carbonyl (C=O) groups is 1. The lowest BCUT2D eigenvalue weighted by Gasteiger charge is -2.14. The maximum atomic E-state index is 12.7. The number of nitrogens with one attached hydrogen (secondary N) is 3. The zero-order valence-electron chi connectivity index (χ0n) is 12.6. The highest BCUT2D eigenvalue weighted by Crippen LogP contribution is 2.29. The Labute approximate surface area is 149 Å². The van der Waals surface area contributed by atoms with E-state index in [1.54, 1.807) is 0 Å². The summed E-state index contributed by atoms with van der Waals surface area (Å²) in [6, 6.07) is 11.5. The molecule has 3 N–H and O–H groups in total. The lowest BCUT2D eigenvalue weighted by Crippen LogP contribution is -2.44.